The van der Waals surface area contributed by atoms with Crippen LogP contribution in [0.2, 0.25) is 0 Å². The van der Waals surface area contributed by atoms with E-state index in [2.05, 4.69) is 20.0 Å². The van der Waals surface area contributed by atoms with Gasteiger partial charge in [-0.3, -0.25) is 5.43 Å². The number of hydrazone groups is 1. The topological polar surface area (TPSA) is 86.2 Å². The van der Waals surface area contributed by atoms with Crippen molar-refractivity contribution in [2.45, 2.75) is 4.87 Å². The maximum absolute atomic E-state index is 11.9. The number of carbonyl (C=O) groups excluding carboxylic acids is 2. The van der Waals surface area contributed by atoms with Gasteiger partial charge in [0, 0.05) is 5.56 Å². The smallest absolute Gasteiger partial charge is 0.356 e. The highest BCUT2D eigenvalue weighted by molar-refractivity contribution is 8.17. The van der Waals surface area contributed by atoms with E-state index in [0.717, 1.165) is 17.3 Å². The molecule has 0 atom stereocenters. The van der Waals surface area contributed by atoms with Crippen molar-refractivity contribution < 1.29 is 23.8 Å². The van der Waals surface area contributed by atoms with Crippen LogP contribution in [0.15, 0.2) is 29.4 Å². The Hall–Kier alpha value is -2.22. The van der Waals surface area contributed by atoms with Crippen LogP contribution in [0.1, 0.15) is 5.56 Å². The summed E-state index contributed by atoms with van der Waals surface area (Å²) in [4.78, 5) is 22.1. The summed E-state index contributed by atoms with van der Waals surface area (Å²) < 4.78 is 14.4. The molecule has 0 radical (unpaired) electrons. The number of nitrogens with one attached hydrogen (secondary N) is 1. The molecule has 2 rings (SSSR count). The van der Waals surface area contributed by atoms with Gasteiger partial charge in [-0.25, -0.2) is 9.59 Å². The first-order valence-electron chi connectivity index (χ1n) is 5.92. The molecule has 112 valence electrons. The second-order valence-corrected chi connectivity index (χ2v) is 5.23. The standard InChI is InChI=1S/C13H14N2O5S/c1-18-9-6-4-8(5-7-9)10-14-15-13(21-10,11(16)19-2)12(17)20-3/h4-7,15H,1-3H3. The van der Waals surface area contributed by atoms with Crippen LogP contribution in [-0.2, 0) is 19.1 Å². The van der Waals surface area contributed by atoms with Crippen molar-refractivity contribution in [3.05, 3.63) is 29.8 Å². The molecule has 0 spiro atoms. The van der Waals surface area contributed by atoms with Crippen LogP contribution in [0, 0.1) is 0 Å². The van der Waals surface area contributed by atoms with Gasteiger partial charge in [-0.1, -0.05) is 11.8 Å². The van der Waals surface area contributed by atoms with Crippen molar-refractivity contribution in [1.82, 2.24) is 5.43 Å². The van der Waals surface area contributed by atoms with Gasteiger partial charge in [0.05, 0.1) is 21.3 Å². The van der Waals surface area contributed by atoms with Crippen LogP contribution in [0.25, 0.3) is 0 Å². The molecule has 8 heteroatoms. The van der Waals surface area contributed by atoms with Crippen molar-refractivity contribution in [2.24, 2.45) is 5.10 Å². The Kier molecular flexibility index (Phi) is 4.37. The first-order chi connectivity index (χ1) is 10.1. The zero-order valence-corrected chi connectivity index (χ0v) is 12.5. The Labute approximate surface area is 125 Å². The predicted octanol–water partition coefficient (Wildman–Crippen LogP) is 0.736. The number of esters is 2. The van der Waals surface area contributed by atoms with Crippen LogP contribution in [0.5, 0.6) is 5.75 Å². The minimum atomic E-state index is -1.71. The van der Waals surface area contributed by atoms with Gasteiger partial charge in [-0.15, -0.1) is 0 Å². The number of hydrogen-bond acceptors (Lipinski definition) is 8. The third-order valence-electron chi connectivity index (χ3n) is 2.85. The molecule has 21 heavy (non-hydrogen) atoms. The van der Waals surface area contributed by atoms with Crippen LogP contribution in [-0.4, -0.2) is 43.2 Å². The van der Waals surface area contributed by atoms with E-state index in [0.29, 0.717) is 10.8 Å². The molecule has 0 fully saturated rings. The number of ether oxygens (including phenoxy) is 3. The van der Waals surface area contributed by atoms with Crippen LogP contribution >= 0.6 is 11.8 Å². The van der Waals surface area contributed by atoms with E-state index in [1.807, 2.05) is 0 Å². The Morgan fingerprint density at radius 2 is 1.67 bits per heavy atom. The first kappa shape index (κ1) is 15.2. The van der Waals surface area contributed by atoms with E-state index in [1.165, 1.54) is 14.2 Å². The minimum absolute atomic E-state index is 0.480. The number of benzene rings is 1. The molecular formula is C13H14N2O5S. The summed E-state index contributed by atoms with van der Waals surface area (Å²) in [6.45, 7) is 0. The zero-order valence-electron chi connectivity index (χ0n) is 11.7. The summed E-state index contributed by atoms with van der Waals surface area (Å²) in [5.74, 6) is -0.847. The van der Waals surface area contributed by atoms with Gasteiger partial charge >= 0.3 is 16.8 Å². The van der Waals surface area contributed by atoms with Crippen LogP contribution < -0.4 is 10.2 Å². The molecule has 0 bridgehead atoms. The number of thioether (sulfide) groups is 1. The van der Waals surface area contributed by atoms with Gasteiger partial charge in [0.25, 0.3) is 0 Å². The summed E-state index contributed by atoms with van der Waals surface area (Å²) >= 11 is 0.939. The second kappa shape index (κ2) is 6.04. The number of rotatable bonds is 4. The number of nitrogens with zero attached hydrogens (tertiary/aromatic N) is 1. The molecule has 7 nitrogen and oxygen atoms in total. The van der Waals surface area contributed by atoms with Crippen molar-refractivity contribution in [2.75, 3.05) is 21.3 Å². The summed E-state index contributed by atoms with van der Waals surface area (Å²) in [5, 5.41) is 4.52. The Morgan fingerprint density at radius 1 is 1.10 bits per heavy atom. The first-order valence-corrected chi connectivity index (χ1v) is 6.74. The lowest BCUT2D eigenvalue weighted by atomic mass is 10.2. The fourth-order valence-electron chi connectivity index (χ4n) is 1.72. The lowest BCUT2D eigenvalue weighted by molar-refractivity contribution is -0.157. The molecule has 0 unspecified atom stereocenters. The summed E-state index contributed by atoms with van der Waals surface area (Å²) in [7, 11) is 3.96. The molecule has 1 aliphatic heterocycles. The van der Waals surface area contributed by atoms with Crippen molar-refractivity contribution in [1.29, 1.82) is 0 Å². The van der Waals surface area contributed by atoms with Gasteiger partial charge in [-0.2, -0.15) is 5.10 Å². The third-order valence-corrected chi connectivity index (χ3v) is 4.10. The summed E-state index contributed by atoms with van der Waals surface area (Å²) in [6.07, 6.45) is 0. The third kappa shape index (κ3) is 2.66. The van der Waals surface area contributed by atoms with E-state index in [1.54, 1.807) is 31.4 Å². The van der Waals surface area contributed by atoms with Crippen molar-refractivity contribution in [3.8, 4) is 5.75 Å². The van der Waals surface area contributed by atoms with Gasteiger partial charge in [0.15, 0.2) is 0 Å². The molecule has 0 saturated heterocycles. The van der Waals surface area contributed by atoms with E-state index in [4.69, 9.17) is 4.74 Å². The molecule has 1 aromatic rings. The van der Waals surface area contributed by atoms with Crippen LogP contribution in [0.3, 0.4) is 0 Å². The normalized spacial score (nSPS) is 15.7. The molecule has 1 aliphatic rings. The number of hydrogen-bond donors (Lipinski definition) is 1. The SMILES string of the molecule is COC(=O)C1(C(=O)OC)NN=C(c2ccc(OC)cc2)S1. The summed E-state index contributed by atoms with van der Waals surface area (Å²) in [5.41, 5.74) is 3.26. The highest BCUT2D eigenvalue weighted by Crippen LogP contribution is 2.34. The molecular weight excluding hydrogens is 296 g/mol. The Bertz CT molecular complexity index is 569. The largest absolute Gasteiger partial charge is 0.497 e. The number of carbonyl (C=O) groups is 2. The summed E-state index contributed by atoms with van der Waals surface area (Å²) in [6, 6.07) is 7.07. The van der Waals surface area contributed by atoms with E-state index in [-0.39, 0.29) is 0 Å². The lowest BCUT2D eigenvalue weighted by Crippen LogP contribution is -2.52. The number of methoxy groups -OCH3 is 3. The van der Waals surface area contributed by atoms with E-state index in [9.17, 15) is 9.59 Å². The quantitative estimate of drug-likeness (QED) is 0.648. The Balaban J connectivity index is 2.26. The molecule has 0 amide bonds. The van der Waals surface area contributed by atoms with Crippen molar-refractivity contribution in [3.63, 3.8) is 0 Å². The molecule has 1 heterocycles. The van der Waals surface area contributed by atoms with Gasteiger partial charge < -0.3 is 14.2 Å². The fourth-order valence-corrected chi connectivity index (χ4v) is 2.78. The Morgan fingerprint density at radius 3 is 2.14 bits per heavy atom. The average Bonchev–Trinajstić information content (AvgIpc) is 3.00. The molecule has 0 saturated carbocycles. The molecule has 0 aliphatic carbocycles. The second-order valence-electron chi connectivity index (χ2n) is 4.02. The average molecular weight is 310 g/mol. The van der Waals surface area contributed by atoms with Gasteiger partial charge in [0.2, 0.25) is 0 Å². The molecule has 1 aromatic carbocycles. The van der Waals surface area contributed by atoms with Gasteiger partial charge in [-0.05, 0) is 24.3 Å². The van der Waals surface area contributed by atoms with Crippen LogP contribution in [0.4, 0.5) is 0 Å². The molecule has 1 N–H and O–H groups in total. The van der Waals surface area contributed by atoms with E-state index >= 15 is 0 Å². The lowest BCUT2D eigenvalue weighted by Gasteiger charge is -2.21. The maximum atomic E-state index is 11.9. The predicted molar refractivity (Wildman–Crippen MR) is 77.0 cm³/mol. The molecule has 0 aromatic heterocycles. The highest BCUT2D eigenvalue weighted by Gasteiger charge is 2.54. The highest BCUT2D eigenvalue weighted by atomic mass is 32.2. The fraction of sp³-hybridized carbons (Fsp3) is 0.308. The monoisotopic (exact) mass is 310 g/mol. The maximum Gasteiger partial charge on any atom is 0.356 e. The van der Waals surface area contributed by atoms with E-state index < -0.39 is 16.8 Å². The van der Waals surface area contributed by atoms with Gasteiger partial charge in [0.1, 0.15) is 10.8 Å². The minimum Gasteiger partial charge on any atom is -0.497 e. The van der Waals surface area contributed by atoms with Crippen molar-refractivity contribution >= 4 is 28.7 Å². The zero-order chi connectivity index (χ0) is 15.5.